The summed E-state index contributed by atoms with van der Waals surface area (Å²) in [5.74, 6) is 1.39. The SMILES string of the molecule is CCC(CO)NCc1cc(Br)c(OCc2ccc(C)cc2)c(OC)c1.Cl. The second-order valence-electron chi connectivity index (χ2n) is 6.05. The molecule has 1 unspecified atom stereocenters. The van der Waals surface area contributed by atoms with Crippen LogP contribution >= 0.6 is 28.3 Å². The molecule has 0 bridgehead atoms. The summed E-state index contributed by atoms with van der Waals surface area (Å²) < 4.78 is 12.3. The van der Waals surface area contributed by atoms with E-state index < -0.39 is 0 Å². The number of hydrogen-bond donors (Lipinski definition) is 2. The van der Waals surface area contributed by atoms with Crippen molar-refractivity contribution in [2.75, 3.05) is 13.7 Å². The van der Waals surface area contributed by atoms with Gasteiger partial charge in [-0.3, -0.25) is 0 Å². The number of aliphatic hydroxyl groups is 1. The van der Waals surface area contributed by atoms with Gasteiger partial charge in [0.25, 0.3) is 0 Å². The molecular formula is C20H27BrClNO3. The summed E-state index contributed by atoms with van der Waals surface area (Å²) >= 11 is 3.58. The van der Waals surface area contributed by atoms with Crippen molar-refractivity contribution in [1.29, 1.82) is 0 Å². The van der Waals surface area contributed by atoms with E-state index in [4.69, 9.17) is 9.47 Å². The molecule has 4 nitrogen and oxygen atoms in total. The Labute approximate surface area is 170 Å². The monoisotopic (exact) mass is 443 g/mol. The van der Waals surface area contributed by atoms with E-state index in [1.807, 2.05) is 19.1 Å². The quantitative estimate of drug-likeness (QED) is 0.592. The van der Waals surface area contributed by atoms with Gasteiger partial charge in [-0.2, -0.15) is 0 Å². The molecule has 2 aromatic carbocycles. The smallest absolute Gasteiger partial charge is 0.175 e. The Hall–Kier alpha value is -1.27. The van der Waals surface area contributed by atoms with Crippen LogP contribution in [0.4, 0.5) is 0 Å². The van der Waals surface area contributed by atoms with Crippen LogP contribution in [-0.4, -0.2) is 24.9 Å². The molecule has 0 saturated heterocycles. The Kier molecular flexibility index (Phi) is 10.0. The highest BCUT2D eigenvalue weighted by molar-refractivity contribution is 9.10. The Balaban J connectivity index is 0.00000338. The average Bonchev–Trinajstić information content (AvgIpc) is 2.62. The van der Waals surface area contributed by atoms with Crippen molar-refractivity contribution >= 4 is 28.3 Å². The summed E-state index contributed by atoms with van der Waals surface area (Å²) in [6, 6.07) is 12.4. The average molecular weight is 445 g/mol. The first-order chi connectivity index (χ1) is 12.1. The Morgan fingerprint density at radius 3 is 2.42 bits per heavy atom. The van der Waals surface area contributed by atoms with Crippen LogP contribution in [0.3, 0.4) is 0 Å². The van der Waals surface area contributed by atoms with E-state index in [1.165, 1.54) is 5.56 Å². The minimum absolute atomic E-state index is 0. The molecule has 0 spiro atoms. The van der Waals surface area contributed by atoms with E-state index in [-0.39, 0.29) is 25.1 Å². The van der Waals surface area contributed by atoms with Crippen LogP contribution in [0.5, 0.6) is 11.5 Å². The number of benzene rings is 2. The van der Waals surface area contributed by atoms with Crippen LogP contribution in [0.15, 0.2) is 40.9 Å². The van der Waals surface area contributed by atoms with E-state index in [1.54, 1.807) is 7.11 Å². The topological polar surface area (TPSA) is 50.7 Å². The molecule has 6 heteroatoms. The fourth-order valence-electron chi connectivity index (χ4n) is 2.46. The van der Waals surface area contributed by atoms with Crippen LogP contribution in [0.1, 0.15) is 30.0 Å². The van der Waals surface area contributed by atoms with Crippen molar-refractivity contribution < 1.29 is 14.6 Å². The summed E-state index contributed by atoms with van der Waals surface area (Å²) in [5, 5.41) is 12.6. The Morgan fingerprint density at radius 2 is 1.85 bits per heavy atom. The summed E-state index contributed by atoms with van der Waals surface area (Å²) in [4.78, 5) is 0. The molecule has 144 valence electrons. The lowest BCUT2D eigenvalue weighted by Crippen LogP contribution is -2.31. The molecule has 0 aliphatic rings. The highest BCUT2D eigenvalue weighted by atomic mass is 79.9. The normalized spacial score (nSPS) is 11.6. The molecule has 2 rings (SSSR count). The second kappa shape index (κ2) is 11.4. The molecular weight excluding hydrogens is 418 g/mol. The van der Waals surface area contributed by atoms with Gasteiger partial charge < -0.3 is 19.9 Å². The lowest BCUT2D eigenvalue weighted by molar-refractivity contribution is 0.238. The summed E-state index contributed by atoms with van der Waals surface area (Å²) in [7, 11) is 1.64. The van der Waals surface area contributed by atoms with E-state index in [2.05, 4.69) is 52.4 Å². The van der Waals surface area contributed by atoms with Gasteiger partial charge >= 0.3 is 0 Å². The predicted molar refractivity (Wildman–Crippen MR) is 111 cm³/mol. The molecule has 0 radical (unpaired) electrons. The molecule has 0 fully saturated rings. The second-order valence-corrected chi connectivity index (χ2v) is 6.91. The number of halogens is 2. The van der Waals surface area contributed by atoms with Crippen LogP contribution < -0.4 is 14.8 Å². The molecule has 0 aliphatic heterocycles. The summed E-state index contributed by atoms with van der Waals surface area (Å²) in [6.07, 6.45) is 0.881. The van der Waals surface area contributed by atoms with Crippen LogP contribution in [-0.2, 0) is 13.2 Å². The standard InChI is InChI=1S/C20H26BrNO3.ClH/c1-4-17(12-23)22-11-16-9-18(21)20(19(10-16)24-3)25-13-15-7-5-14(2)6-8-15;/h5-10,17,22-23H,4,11-13H2,1-3H3;1H. The van der Waals surface area contributed by atoms with Gasteiger partial charge in [-0.1, -0.05) is 36.8 Å². The molecule has 2 N–H and O–H groups in total. The van der Waals surface area contributed by atoms with Crippen LogP contribution in [0, 0.1) is 6.92 Å². The maximum absolute atomic E-state index is 9.28. The number of aliphatic hydroxyl groups excluding tert-OH is 1. The zero-order valence-electron chi connectivity index (χ0n) is 15.4. The third-order valence-electron chi connectivity index (χ3n) is 4.10. The van der Waals surface area contributed by atoms with Gasteiger partial charge in [0, 0.05) is 12.6 Å². The molecule has 26 heavy (non-hydrogen) atoms. The van der Waals surface area contributed by atoms with Crippen molar-refractivity contribution in [3.8, 4) is 11.5 Å². The van der Waals surface area contributed by atoms with Gasteiger partial charge in [0.2, 0.25) is 0 Å². The van der Waals surface area contributed by atoms with Crippen molar-refractivity contribution in [2.24, 2.45) is 0 Å². The molecule has 1 atom stereocenters. The Morgan fingerprint density at radius 1 is 1.15 bits per heavy atom. The number of ether oxygens (including phenoxy) is 2. The van der Waals surface area contributed by atoms with Crippen molar-refractivity contribution in [2.45, 2.75) is 39.5 Å². The third-order valence-corrected chi connectivity index (χ3v) is 4.69. The first-order valence-corrected chi connectivity index (χ1v) is 9.25. The lowest BCUT2D eigenvalue weighted by atomic mass is 10.1. The van der Waals surface area contributed by atoms with Gasteiger partial charge in [0.1, 0.15) is 6.61 Å². The molecule has 0 aliphatic carbocycles. The fourth-order valence-corrected chi connectivity index (χ4v) is 3.06. The first kappa shape index (κ1) is 22.8. The number of methoxy groups -OCH3 is 1. The van der Waals surface area contributed by atoms with E-state index in [0.29, 0.717) is 24.7 Å². The minimum Gasteiger partial charge on any atom is -0.493 e. The summed E-state index contributed by atoms with van der Waals surface area (Å²) in [5.41, 5.74) is 3.41. The lowest BCUT2D eigenvalue weighted by Gasteiger charge is -2.17. The van der Waals surface area contributed by atoms with Crippen molar-refractivity contribution in [3.63, 3.8) is 0 Å². The van der Waals surface area contributed by atoms with Crippen LogP contribution in [0.25, 0.3) is 0 Å². The molecule has 0 saturated carbocycles. The Bertz CT molecular complexity index is 676. The molecule has 2 aromatic rings. The third kappa shape index (κ3) is 6.47. The van der Waals surface area contributed by atoms with Gasteiger partial charge in [0.15, 0.2) is 11.5 Å². The fraction of sp³-hybridized carbons (Fsp3) is 0.400. The first-order valence-electron chi connectivity index (χ1n) is 8.46. The number of aryl methyl sites for hydroxylation is 1. The molecule has 0 aromatic heterocycles. The number of rotatable bonds is 9. The maximum atomic E-state index is 9.28. The molecule has 0 amide bonds. The van der Waals surface area contributed by atoms with Gasteiger partial charge in [0.05, 0.1) is 18.2 Å². The van der Waals surface area contributed by atoms with Crippen LogP contribution in [0.2, 0.25) is 0 Å². The zero-order valence-corrected chi connectivity index (χ0v) is 17.8. The highest BCUT2D eigenvalue weighted by Crippen LogP contribution is 2.37. The molecule has 0 heterocycles. The van der Waals surface area contributed by atoms with Gasteiger partial charge in [-0.05, 0) is 52.5 Å². The number of hydrogen-bond acceptors (Lipinski definition) is 4. The predicted octanol–water partition coefficient (Wildman–Crippen LogP) is 4.63. The van der Waals surface area contributed by atoms with Gasteiger partial charge in [-0.25, -0.2) is 0 Å². The van der Waals surface area contributed by atoms with Crippen molar-refractivity contribution in [1.82, 2.24) is 5.32 Å². The minimum atomic E-state index is 0. The highest BCUT2D eigenvalue weighted by Gasteiger charge is 2.13. The summed E-state index contributed by atoms with van der Waals surface area (Å²) in [6.45, 7) is 5.39. The largest absolute Gasteiger partial charge is 0.493 e. The maximum Gasteiger partial charge on any atom is 0.175 e. The van der Waals surface area contributed by atoms with Gasteiger partial charge in [-0.15, -0.1) is 12.4 Å². The zero-order chi connectivity index (χ0) is 18.2. The van der Waals surface area contributed by atoms with E-state index in [0.717, 1.165) is 22.0 Å². The van der Waals surface area contributed by atoms with Crippen molar-refractivity contribution in [3.05, 3.63) is 57.6 Å². The van der Waals surface area contributed by atoms with E-state index in [9.17, 15) is 5.11 Å². The van der Waals surface area contributed by atoms with E-state index >= 15 is 0 Å². The number of nitrogens with one attached hydrogen (secondary N) is 1.